The standard InChI is InChI=1S/C28H31N3O/c1-20-8-13-23(14-9-20)18-25(17-12-22(3)32)31-27-7-5-4-6-26(27)30(28(31)29)19-24-15-10-21(2)11-16-24/h4-11,13-16,25,29H,12,17-19H2,1-3H3/t25-/m1/s1. The van der Waals surface area contributed by atoms with Gasteiger partial charge in [0.05, 0.1) is 17.6 Å². The first kappa shape index (κ1) is 21.8. The van der Waals surface area contributed by atoms with Crippen LogP contribution in [0.2, 0.25) is 0 Å². The Morgan fingerprint density at radius 2 is 1.41 bits per heavy atom. The van der Waals surface area contributed by atoms with Crippen molar-refractivity contribution in [3.05, 3.63) is 101 Å². The molecule has 0 radical (unpaired) electrons. The highest BCUT2D eigenvalue weighted by atomic mass is 16.1. The van der Waals surface area contributed by atoms with Crippen molar-refractivity contribution >= 4 is 16.8 Å². The number of benzene rings is 3. The van der Waals surface area contributed by atoms with Crippen molar-refractivity contribution in [2.45, 2.75) is 52.6 Å². The van der Waals surface area contributed by atoms with Crippen LogP contribution < -0.4 is 5.62 Å². The molecule has 0 saturated heterocycles. The van der Waals surface area contributed by atoms with E-state index in [1.54, 1.807) is 6.92 Å². The van der Waals surface area contributed by atoms with Crippen molar-refractivity contribution in [3.63, 3.8) is 0 Å². The third-order valence-electron chi connectivity index (χ3n) is 6.16. The summed E-state index contributed by atoms with van der Waals surface area (Å²) in [5.41, 5.74) is 7.45. The van der Waals surface area contributed by atoms with Gasteiger partial charge in [-0.3, -0.25) is 5.41 Å². The number of hydrogen-bond acceptors (Lipinski definition) is 2. The maximum absolute atomic E-state index is 11.8. The molecule has 4 aromatic rings. The van der Waals surface area contributed by atoms with Crippen LogP contribution in [0.25, 0.3) is 11.0 Å². The Balaban J connectivity index is 1.79. The first-order chi connectivity index (χ1) is 15.4. The number of imidazole rings is 1. The summed E-state index contributed by atoms with van der Waals surface area (Å²) in [6.45, 7) is 6.47. The molecule has 0 bridgehead atoms. The number of hydrogen-bond donors (Lipinski definition) is 1. The maximum Gasteiger partial charge on any atom is 0.203 e. The quantitative estimate of drug-likeness (QED) is 0.384. The van der Waals surface area contributed by atoms with Crippen LogP contribution in [0.15, 0.2) is 72.8 Å². The minimum absolute atomic E-state index is 0.0401. The Kier molecular flexibility index (Phi) is 6.40. The van der Waals surface area contributed by atoms with Crippen LogP contribution >= 0.6 is 0 Å². The van der Waals surface area contributed by atoms with E-state index < -0.39 is 0 Å². The predicted molar refractivity (Wildman–Crippen MR) is 130 cm³/mol. The van der Waals surface area contributed by atoms with E-state index in [2.05, 4.69) is 83.6 Å². The second kappa shape index (κ2) is 9.39. The average molecular weight is 426 g/mol. The van der Waals surface area contributed by atoms with Crippen LogP contribution in [0, 0.1) is 19.3 Å². The van der Waals surface area contributed by atoms with Gasteiger partial charge in [-0.15, -0.1) is 0 Å². The van der Waals surface area contributed by atoms with E-state index in [0.29, 0.717) is 18.6 Å². The van der Waals surface area contributed by atoms with E-state index >= 15 is 0 Å². The van der Waals surface area contributed by atoms with E-state index in [4.69, 9.17) is 5.41 Å². The number of rotatable bonds is 8. The summed E-state index contributed by atoms with van der Waals surface area (Å²) < 4.78 is 4.21. The largest absolute Gasteiger partial charge is 0.307 e. The summed E-state index contributed by atoms with van der Waals surface area (Å²) in [5, 5.41) is 9.12. The second-order valence-electron chi connectivity index (χ2n) is 8.84. The minimum atomic E-state index is 0.0401. The third-order valence-corrected chi connectivity index (χ3v) is 6.16. The zero-order chi connectivity index (χ0) is 22.7. The van der Waals surface area contributed by atoms with Crippen molar-refractivity contribution in [3.8, 4) is 0 Å². The lowest BCUT2D eigenvalue weighted by atomic mass is 9.99. The summed E-state index contributed by atoms with van der Waals surface area (Å²) in [7, 11) is 0. The molecule has 32 heavy (non-hydrogen) atoms. The lowest BCUT2D eigenvalue weighted by Crippen LogP contribution is -2.29. The predicted octanol–water partition coefficient (Wildman–Crippen LogP) is 5.74. The molecular formula is C28H31N3O. The molecule has 4 nitrogen and oxygen atoms in total. The summed E-state index contributed by atoms with van der Waals surface area (Å²) in [6.07, 6.45) is 2.03. The van der Waals surface area contributed by atoms with Crippen LogP contribution in [0.1, 0.15) is 48.1 Å². The first-order valence-electron chi connectivity index (χ1n) is 11.3. The van der Waals surface area contributed by atoms with E-state index in [9.17, 15) is 4.79 Å². The number of aromatic nitrogens is 2. The van der Waals surface area contributed by atoms with Gasteiger partial charge in [-0.05, 0) is 56.9 Å². The molecule has 164 valence electrons. The number of Topliss-reactive ketones (excluding diaryl/α,β-unsaturated/α-hetero) is 1. The molecule has 1 aromatic heterocycles. The molecule has 0 amide bonds. The summed E-state index contributed by atoms with van der Waals surface area (Å²) in [4.78, 5) is 11.8. The first-order valence-corrected chi connectivity index (χ1v) is 11.3. The third kappa shape index (κ3) is 4.75. The van der Waals surface area contributed by atoms with Gasteiger partial charge in [0.2, 0.25) is 5.62 Å². The number of nitrogens with one attached hydrogen (secondary N) is 1. The number of para-hydroxylation sites is 2. The number of fused-ring (bicyclic) bond motifs is 1. The summed E-state index contributed by atoms with van der Waals surface area (Å²) in [6, 6.07) is 25.4. The molecule has 0 fully saturated rings. The Bertz CT molecular complexity index is 1280. The lowest BCUT2D eigenvalue weighted by Gasteiger charge is -2.20. The highest BCUT2D eigenvalue weighted by molar-refractivity contribution is 5.77. The summed E-state index contributed by atoms with van der Waals surface area (Å²) >= 11 is 0. The number of carbonyl (C=O) groups excluding carboxylic acids is 1. The van der Waals surface area contributed by atoms with Crippen molar-refractivity contribution in [2.24, 2.45) is 0 Å². The molecule has 0 spiro atoms. The molecule has 0 aliphatic carbocycles. The molecule has 0 saturated carbocycles. The number of aryl methyl sites for hydroxylation is 2. The molecule has 3 aromatic carbocycles. The van der Waals surface area contributed by atoms with Gasteiger partial charge in [-0.2, -0.15) is 0 Å². The van der Waals surface area contributed by atoms with E-state index in [1.807, 2.05) is 12.1 Å². The van der Waals surface area contributed by atoms with Crippen molar-refractivity contribution < 1.29 is 4.79 Å². The molecule has 0 aliphatic rings. The number of ketones is 1. The van der Waals surface area contributed by atoms with Gasteiger partial charge in [-0.25, -0.2) is 0 Å². The highest BCUT2D eigenvalue weighted by Gasteiger charge is 2.20. The van der Waals surface area contributed by atoms with Gasteiger partial charge >= 0.3 is 0 Å². The van der Waals surface area contributed by atoms with Gasteiger partial charge in [0.1, 0.15) is 5.78 Å². The Morgan fingerprint density at radius 3 is 2.00 bits per heavy atom. The van der Waals surface area contributed by atoms with E-state index in [0.717, 1.165) is 23.9 Å². The zero-order valence-corrected chi connectivity index (χ0v) is 19.1. The molecule has 0 aliphatic heterocycles. The molecule has 1 heterocycles. The molecule has 4 rings (SSSR count). The number of nitrogens with zero attached hydrogens (tertiary/aromatic N) is 2. The molecular weight excluding hydrogens is 394 g/mol. The smallest absolute Gasteiger partial charge is 0.203 e. The van der Waals surface area contributed by atoms with Gasteiger partial charge in [0.25, 0.3) is 0 Å². The van der Waals surface area contributed by atoms with Crippen LogP contribution in [0.4, 0.5) is 0 Å². The molecule has 4 heteroatoms. The van der Waals surface area contributed by atoms with Crippen molar-refractivity contribution in [2.75, 3.05) is 0 Å². The van der Waals surface area contributed by atoms with Crippen LogP contribution in [0.5, 0.6) is 0 Å². The fourth-order valence-electron chi connectivity index (χ4n) is 4.35. The van der Waals surface area contributed by atoms with Gasteiger partial charge in [0, 0.05) is 12.5 Å². The van der Waals surface area contributed by atoms with Crippen LogP contribution in [-0.2, 0) is 17.8 Å². The second-order valence-corrected chi connectivity index (χ2v) is 8.84. The zero-order valence-electron chi connectivity index (χ0n) is 19.1. The van der Waals surface area contributed by atoms with Crippen molar-refractivity contribution in [1.29, 1.82) is 5.41 Å². The fraction of sp³-hybridized carbons (Fsp3) is 0.286. The van der Waals surface area contributed by atoms with Crippen LogP contribution in [-0.4, -0.2) is 14.9 Å². The Hall–Kier alpha value is -3.40. The monoisotopic (exact) mass is 425 g/mol. The number of carbonyl (C=O) groups is 1. The van der Waals surface area contributed by atoms with E-state index in [1.165, 1.54) is 22.3 Å². The Morgan fingerprint density at radius 1 is 0.844 bits per heavy atom. The van der Waals surface area contributed by atoms with Gasteiger partial charge < -0.3 is 13.9 Å². The van der Waals surface area contributed by atoms with Crippen molar-refractivity contribution in [1.82, 2.24) is 9.13 Å². The fourth-order valence-corrected chi connectivity index (χ4v) is 4.35. The summed E-state index contributed by atoms with van der Waals surface area (Å²) in [5.74, 6) is 0.189. The van der Waals surface area contributed by atoms with Gasteiger partial charge in [-0.1, -0.05) is 71.8 Å². The van der Waals surface area contributed by atoms with E-state index in [-0.39, 0.29) is 11.8 Å². The molecule has 1 atom stereocenters. The SMILES string of the molecule is CC(=O)CC[C@H](Cc1ccc(C)cc1)n1c(=N)n(Cc2ccc(C)cc2)c2ccccc21. The highest BCUT2D eigenvalue weighted by Crippen LogP contribution is 2.25. The average Bonchev–Trinajstić information content (AvgIpc) is 3.05. The van der Waals surface area contributed by atoms with Gasteiger partial charge in [0.15, 0.2) is 0 Å². The minimum Gasteiger partial charge on any atom is -0.307 e. The molecule has 1 N–H and O–H groups in total. The molecule has 0 unspecified atom stereocenters. The topological polar surface area (TPSA) is 50.8 Å². The van der Waals surface area contributed by atoms with Crippen LogP contribution in [0.3, 0.4) is 0 Å². The maximum atomic E-state index is 11.8. The Labute approximate surface area is 189 Å². The lowest BCUT2D eigenvalue weighted by molar-refractivity contribution is -0.117. The normalized spacial score (nSPS) is 12.2.